The maximum atomic E-state index is 12.9. The highest BCUT2D eigenvalue weighted by Crippen LogP contribution is 2.28. The number of nitrogens with zero attached hydrogens (tertiary/aromatic N) is 5. The van der Waals surface area contributed by atoms with Gasteiger partial charge in [-0.3, -0.25) is 14.3 Å². The number of hydrogen-bond acceptors (Lipinski definition) is 8. The molecule has 0 aliphatic carbocycles. The van der Waals surface area contributed by atoms with Crippen LogP contribution in [0.1, 0.15) is 20.8 Å². The third-order valence-corrected chi connectivity index (χ3v) is 7.11. The van der Waals surface area contributed by atoms with E-state index in [-0.39, 0.29) is 18.1 Å². The molecule has 1 aromatic carbocycles. The summed E-state index contributed by atoms with van der Waals surface area (Å²) in [6.07, 6.45) is 0.0671. The fraction of sp³-hybridized carbons (Fsp3) is 0.478. The van der Waals surface area contributed by atoms with E-state index in [0.717, 1.165) is 16.9 Å². The average molecular weight is 485 g/mol. The summed E-state index contributed by atoms with van der Waals surface area (Å²) in [7, 11) is 1.62. The molecule has 1 aliphatic rings. The predicted octanol–water partition coefficient (Wildman–Crippen LogP) is 2.61. The molecular weight excluding hydrogens is 456 g/mol. The Morgan fingerprint density at radius 2 is 1.91 bits per heavy atom. The predicted molar refractivity (Wildman–Crippen MR) is 132 cm³/mol. The number of aromatic amines is 1. The van der Waals surface area contributed by atoms with E-state index in [1.807, 2.05) is 42.7 Å². The smallest absolute Gasteiger partial charge is 0.329 e. The van der Waals surface area contributed by atoms with Gasteiger partial charge in [0.15, 0.2) is 16.7 Å². The van der Waals surface area contributed by atoms with Crippen LogP contribution in [0.2, 0.25) is 0 Å². The number of para-hydroxylation sites is 2. The molecule has 0 unspecified atom stereocenters. The molecule has 4 heterocycles. The maximum Gasteiger partial charge on any atom is 0.329 e. The minimum absolute atomic E-state index is 0.0336. The molecule has 11 heteroatoms. The highest BCUT2D eigenvalue weighted by molar-refractivity contribution is 7.99. The minimum atomic E-state index is -0.475. The molecule has 0 amide bonds. The second-order valence-electron chi connectivity index (χ2n) is 9.04. The second kappa shape index (κ2) is 8.95. The normalized spacial score (nSPS) is 19.8. The molecule has 1 saturated heterocycles. The number of thioether (sulfide) groups is 1. The number of fused-ring (bicyclic) bond motifs is 2. The number of ether oxygens (including phenoxy) is 1. The standard InChI is InChI=1S/C23H28N6O4S/c1-13(12-34-23-24-16-7-5-6-8-17(16)33-23)9-29-18-19(27(4)22(31)26-20(18)30)25-21(29)28-10-14(2)32-15(3)11-28/h5-8,13-15H,9-12H2,1-4H3,(H,26,30,31)/t13-,14+,15+/m0/s1. The molecule has 4 aromatic rings. The van der Waals surface area contributed by atoms with Gasteiger partial charge in [0, 0.05) is 32.4 Å². The first kappa shape index (κ1) is 22.7. The topological polar surface area (TPSA) is 111 Å². The molecule has 3 atom stereocenters. The Morgan fingerprint density at radius 3 is 2.65 bits per heavy atom. The molecule has 5 rings (SSSR count). The molecule has 1 fully saturated rings. The number of H-pyrrole nitrogens is 1. The molecule has 34 heavy (non-hydrogen) atoms. The van der Waals surface area contributed by atoms with Crippen LogP contribution in [0.25, 0.3) is 22.3 Å². The Bertz CT molecular complexity index is 1410. The summed E-state index contributed by atoms with van der Waals surface area (Å²) >= 11 is 1.55. The number of anilines is 1. The fourth-order valence-electron chi connectivity index (χ4n) is 4.47. The quantitative estimate of drug-likeness (QED) is 0.416. The summed E-state index contributed by atoms with van der Waals surface area (Å²) in [5, 5.41) is 0.625. The van der Waals surface area contributed by atoms with Gasteiger partial charge in [0.25, 0.3) is 10.8 Å². The molecule has 0 spiro atoms. The monoisotopic (exact) mass is 484 g/mol. The lowest BCUT2D eigenvalue weighted by atomic mass is 10.2. The van der Waals surface area contributed by atoms with Gasteiger partial charge in [-0.2, -0.15) is 4.98 Å². The van der Waals surface area contributed by atoms with Crippen LogP contribution in [0.15, 0.2) is 43.5 Å². The summed E-state index contributed by atoms with van der Waals surface area (Å²) in [6, 6.07) is 7.69. The third kappa shape index (κ3) is 4.25. The Labute approximate surface area is 199 Å². The van der Waals surface area contributed by atoms with Crippen molar-refractivity contribution in [3.63, 3.8) is 0 Å². The van der Waals surface area contributed by atoms with E-state index in [2.05, 4.69) is 21.8 Å². The molecule has 3 aromatic heterocycles. The largest absolute Gasteiger partial charge is 0.431 e. The minimum Gasteiger partial charge on any atom is -0.431 e. The summed E-state index contributed by atoms with van der Waals surface area (Å²) in [4.78, 5) is 38.9. The zero-order valence-electron chi connectivity index (χ0n) is 19.6. The summed E-state index contributed by atoms with van der Waals surface area (Å²) in [5.74, 6) is 1.59. The third-order valence-electron chi connectivity index (χ3n) is 5.95. The van der Waals surface area contributed by atoms with Crippen LogP contribution in [-0.4, -0.2) is 55.1 Å². The Kier molecular flexibility index (Phi) is 5.98. The van der Waals surface area contributed by atoms with Gasteiger partial charge >= 0.3 is 5.69 Å². The number of imidazole rings is 1. The van der Waals surface area contributed by atoms with Crippen LogP contribution in [0, 0.1) is 5.92 Å². The molecule has 1 N–H and O–H groups in total. The van der Waals surface area contributed by atoms with Gasteiger partial charge in [-0.15, -0.1) is 0 Å². The number of benzene rings is 1. The molecule has 1 aliphatic heterocycles. The number of rotatable bonds is 6. The van der Waals surface area contributed by atoms with Crippen LogP contribution in [0.4, 0.5) is 5.95 Å². The fourth-order valence-corrected chi connectivity index (χ4v) is 5.31. The molecule has 0 radical (unpaired) electrons. The van der Waals surface area contributed by atoms with Gasteiger partial charge in [-0.05, 0) is 31.9 Å². The maximum absolute atomic E-state index is 12.9. The zero-order chi connectivity index (χ0) is 24.0. The van der Waals surface area contributed by atoms with Crippen molar-refractivity contribution in [2.75, 3.05) is 23.7 Å². The first-order valence-corrected chi connectivity index (χ1v) is 12.4. The highest BCUT2D eigenvalue weighted by atomic mass is 32.2. The van der Waals surface area contributed by atoms with E-state index >= 15 is 0 Å². The molecule has 0 saturated carbocycles. The van der Waals surface area contributed by atoms with Crippen LogP contribution in [0.3, 0.4) is 0 Å². The lowest BCUT2D eigenvalue weighted by Gasteiger charge is -2.36. The van der Waals surface area contributed by atoms with Gasteiger partial charge in [0.1, 0.15) is 5.52 Å². The Hall–Kier alpha value is -3.05. The number of nitrogens with one attached hydrogen (secondary N) is 1. The van der Waals surface area contributed by atoms with Crippen LogP contribution in [-0.2, 0) is 18.3 Å². The zero-order valence-corrected chi connectivity index (χ0v) is 20.5. The van der Waals surface area contributed by atoms with Crippen LogP contribution < -0.4 is 16.1 Å². The van der Waals surface area contributed by atoms with Crippen molar-refractivity contribution in [3.8, 4) is 0 Å². The van der Waals surface area contributed by atoms with Crippen molar-refractivity contribution in [1.82, 2.24) is 24.1 Å². The molecule has 180 valence electrons. The molecular formula is C23H28N6O4S. The second-order valence-corrected chi connectivity index (χ2v) is 10.0. The van der Waals surface area contributed by atoms with E-state index in [0.29, 0.717) is 42.0 Å². The average Bonchev–Trinajstić information content (AvgIpc) is 3.37. The summed E-state index contributed by atoms with van der Waals surface area (Å²) in [6.45, 7) is 8.04. The van der Waals surface area contributed by atoms with Crippen LogP contribution in [0.5, 0.6) is 0 Å². The molecule has 0 bridgehead atoms. The van der Waals surface area contributed by atoms with Gasteiger partial charge in [-0.1, -0.05) is 30.8 Å². The lowest BCUT2D eigenvalue weighted by Crippen LogP contribution is -2.46. The Morgan fingerprint density at radius 1 is 1.18 bits per heavy atom. The van der Waals surface area contributed by atoms with Gasteiger partial charge < -0.3 is 18.6 Å². The summed E-state index contributed by atoms with van der Waals surface area (Å²) < 4.78 is 15.1. The van der Waals surface area contributed by atoms with Crippen molar-refractivity contribution in [2.45, 2.75) is 44.7 Å². The first-order chi connectivity index (χ1) is 16.3. The van der Waals surface area contributed by atoms with Crippen molar-refractivity contribution in [1.29, 1.82) is 0 Å². The summed E-state index contributed by atoms with van der Waals surface area (Å²) in [5.41, 5.74) is 1.49. The van der Waals surface area contributed by atoms with E-state index in [4.69, 9.17) is 14.1 Å². The van der Waals surface area contributed by atoms with Crippen LogP contribution >= 0.6 is 11.8 Å². The van der Waals surface area contributed by atoms with Gasteiger partial charge in [-0.25, -0.2) is 9.78 Å². The van der Waals surface area contributed by atoms with Crippen molar-refractivity contribution < 1.29 is 9.15 Å². The highest BCUT2D eigenvalue weighted by Gasteiger charge is 2.28. The van der Waals surface area contributed by atoms with Gasteiger partial charge in [0.05, 0.1) is 12.2 Å². The van der Waals surface area contributed by atoms with Crippen molar-refractivity contribution in [2.24, 2.45) is 13.0 Å². The number of morpholine rings is 1. The number of oxazole rings is 1. The Balaban J connectivity index is 1.46. The SMILES string of the molecule is C[C@H](CSc1nc2ccccc2o1)Cn1c(N2C[C@@H](C)O[C@H](C)C2)nc2c1c(=O)[nH]c(=O)n2C. The first-order valence-electron chi connectivity index (χ1n) is 11.4. The van der Waals surface area contributed by atoms with E-state index < -0.39 is 11.2 Å². The van der Waals surface area contributed by atoms with E-state index in [1.54, 1.807) is 18.8 Å². The van der Waals surface area contributed by atoms with Gasteiger partial charge in [0.2, 0.25) is 5.95 Å². The van der Waals surface area contributed by atoms with Crippen molar-refractivity contribution in [3.05, 3.63) is 45.1 Å². The van der Waals surface area contributed by atoms with Crippen molar-refractivity contribution >= 4 is 40.0 Å². The lowest BCUT2D eigenvalue weighted by molar-refractivity contribution is -0.00590. The number of aryl methyl sites for hydroxylation is 1. The molecule has 10 nitrogen and oxygen atoms in total. The van der Waals surface area contributed by atoms with E-state index in [9.17, 15) is 9.59 Å². The number of hydrogen-bond donors (Lipinski definition) is 1. The van der Waals surface area contributed by atoms with E-state index in [1.165, 1.54) is 4.57 Å². The number of aromatic nitrogens is 5.